The molecule has 2 aromatic carbocycles. The molecule has 1 aliphatic rings. The van der Waals surface area contributed by atoms with Crippen molar-refractivity contribution < 1.29 is 23.1 Å². The van der Waals surface area contributed by atoms with Crippen LogP contribution < -0.4 is 9.62 Å². The van der Waals surface area contributed by atoms with Crippen LogP contribution in [0.3, 0.4) is 0 Å². The maximum absolute atomic E-state index is 12.5. The van der Waals surface area contributed by atoms with Gasteiger partial charge in [0.2, 0.25) is 5.91 Å². The van der Waals surface area contributed by atoms with Crippen LogP contribution in [0.2, 0.25) is 5.02 Å². The summed E-state index contributed by atoms with van der Waals surface area (Å²) in [7, 11) is -3.86. The third kappa shape index (κ3) is 4.06. The molecule has 2 N–H and O–H groups in total. The molecule has 9 heteroatoms. The van der Waals surface area contributed by atoms with E-state index in [4.69, 9.17) is 16.7 Å². The minimum Gasteiger partial charge on any atom is -0.481 e. The van der Waals surface area contributed by atoms with Crippen LogP contribution in [0.25, 0.3) is 0 Å². The molecule has 1 atom stereocenters. The fourth-order valence-corrected chi connectivity index (χ4v) is 4.25. The first-order valence-electron chi connectivity index (χ1n) is 8.09. The number of carboxylic acid groups (broad SMARTS) is 1. The molecular formula is C18H17ClN2O5S. The highest BCUT2D eigenvalue weighted by Crippen LogP contribution is 2.28. The Morgan fingerprint density at radius 1 is 1.22 bits per heavy atom. The highest BCUT2D eigenvalue weighted by Gasteiger charge is 2.35. The number of aliphatic carboxylic acids is 1. The molecule has 1 heterocycles. The van der Waals surface area contributed by atoms with Gasteiger partial charge in [0, 0.05) is 18.7 Å². The quantitative estimate of drug-likeness (QED) is 0.791. The van der Waals surface area contributed by atoms with Crippen LogP contribution in [-0.2, 0) is 19.6 Å². The van der Waals surface area contributed by atoms with Crippen molar-refractivity contribution in [1.29, 1.82) is 0 Å². The van der Waals surface area contributed by atoms with Crippen LogP contribution in [0, 0.1) is 12.8 Å². The van der Waals surface area contributed by atoms with Gasteiger partial charge in [0.15, 0.2) is 0 Å². The van der Waals surface area contributed by atoms with E-state index in [1.165, 1.54) is 29.2 Å². The Morgan fingerprint density at radius 3 is 2.44 bits per heavy atom. The van der Waals surface area contributed by atoms with E-state index in [9.17, 15) is 18.0 Å². The normalized spacial score (nSPS) is 17.2. The summed E-state index contributed by atoms with van der Waals surface area (Å²) in [6.45, 7) is 1.91. The zero-order valence-corrected chi connectivity index (χ0v) is 15.9. The van der Waals surface area contributed by atoms with Crippen LogP contribution in [0.5, 0.6) is 0 Å². The number of amides is 1. The Morgan fingerprint density at radius 2 is 1.89 bits per heavy atom. The molecule has 2 aromatic rings. The van der Waals surface area contributed by atoms with Gasteiger partial charge in [-0.05, 0) is 48.9 Å². The number of benzene rings is 2. The van der Waals surface area contributed by atoms with Gasteiger partial charge in [-0.3, -0.25) is 14.3 Å². The lowest BCUT2D eigenvalue weighted by Gasteiger charge is -2.17. The lowest BCUT2D eigenvalue weighted by atomic mass is 10.1. The molecule has 7 nitrogen and oxygen atoms in total. The van der Waals surface area contributed by atoms with Crippen LogP contribution in [-0.4, -0.2) is 31.9 Å². The number of rotatable bonds is 5. The number of carboxylic acids is 1. The van der Waals surface area contributed by atoms with Crippen molar-refractivity contribution in [2.75, 3.05) is 16.2 Å². The van der Waals surface area contributed by atoms with Crippen LogP contribution in [0.15, 0.2) is 47.4 Å². The van der Waals surface area contributed by atoms with Gasteiger partial charge in [-0.1, -0.05) is 17.7 Å². The highest BCUT2D eigenvalue weighted by molar-refractivity contribution is 7.92. The molecule has 1 aliphatic heterocycles. The third-order valence-electron chi connectivity index (χ3n) is 4.30. The van der Waals surface area contributed by atoms with Gasteiger partial charge in [-0.25, -0.2) is 8.42 Å². The van der Waals surface area contributed by atoms with Gasteiger partial charge >= 0.3 is 5.97 Å². The molecule has 1 saturated heterocycles. The summed E-state index contributed by atoms with van der Waals surface area (Å²) < 4.78 is 27.5. The van der Waals surface area contributed by atoms with E-state index in [0.29, 0.717) is 5.69 Å². The first kappa shape index (κ1) is 19.2. The average molecular weight is 409 g/mol. The van der Waals surface area contributed by atoms with Gasteiger partial charge in [0.25, 0.3) is 10.0 Å². The summed E-state index contributed by atoms with van der Waals surface area (Å²) in [5.41, 5.74) is 1.63. The van der Waals surface area contributed by atoms with E-state index in [1.807, 2.05) is 6.92 Å². The van der Waals surface area contributed by atoms with E-state index in [-0.39, 0.29) is 34.5 Å². The zero-order valence-electron chi connectivity index (χ0n) is 14.3. The smallest absolute Gasteiger partial charge is 0.308 e. The second kappa shape index (κ2) is 7.21. The Hall–Kier alpha value is -2.58. The van der Waals surface area contributed by atoms with E-state index in [0.717, 1.165) is 5.56 Å². The second-order valence-corrected chi connectivity index (χ2v) is 8.42. The molecule has 0 unspecified atom stereocenters. The summed E-state index contributed by atoms with van der Waals surface area (Å²) >= 11 is 6.07. The fraction of sp³-hybridized carbons (Fsp3) is 0.222. The number of hydrogen-bond acceptors (Lipinski definition) is 4. The minimum atomic E-state index is -3.86. The largest absolute Gasteiger partial charge is 0.481 e. The van der Waals surface area contributed by atoms with Gasteiger partial charge < -0.3 is 10.0 Å². The van der Waals surface area contributed by atoms with Crippen LogP contribution >= 0.6 is 11.6 Å². The predicted molar refractivity (Wildman–Crippen MR) is 102 cm³/mol. The van der Waals surface area contributed by atoms with Gasteiger partial charge in [-0.2, -0.15) is 0 Å². The van der Waals surface area contributed by atoms with Crippen molar-refractivity contribution in [3.05, 3.63) is 53.1 Å². The molecule has 142 valence electrons. The number of anilines is 2. The zero-order chi connectivity index (χ0) is 19.8. The predicted octanol–water partition coefficient (Wildman–Crippen LogP) is 2.89. The molecule has 27 heavy (non-hydrogen) atoms. The van der Waals surface area contributed by atoms with E-state index >= 15 is 0 Å². The lowest BCUT2D eigenvalue weighted by Crippen LogP contribution is -2.25. The summed E-state index contributed by atoms with van der Waals surface area (Å²) in [5, 5.41) is 9.34. The third-order valence-corrected chi connectivity index (χ3v) is 6.00. The molecule has 1 fully saturated rings. The number of nitrogens with one attached hydrogen (secondary N) is 1. The number of halogens is 1. The fourth-order valence-electron chi connectivity index (χ4n) is 2.83. The molecule has 0 spiro atoms. The Labute approximate surface area is 161 Å². The summed E-state index contributed by atoms with van der Waals surface area (Å²) in [4.78, 5) is 24.4. The van der Waals surface area contributed by atoms with Gasteiger partial charge in [-0.15, -0.1) is 0 Å². The number of carbonyl (C=O) groups excluding carboxylic acids is 1. The highest BCUT2D eigenvalue weighted by atomic mass is 35.5. The molecule has 0 radical (unpaired) electrons. The number of carbonyl (C=O) groups is 2. The Balaban J connectivity index is 1.80. The Bertz CT molecular complexity index is 1000. The summed E-state index contributed by atoms with van der Waals surface area (Å²) in [6.07, 6.45) is -0.0666. The minimum absolute atomic E-state index is 0.00400. The van der Waals surface area contributed by atoms with E-state index < -0.39 is 21.9 Å². The number of sulfonamides is 1. The average Bonchev–Trinajstić information content (AvgIpc) is 3.00. The van der Waals surface area contributed by atoms with Crippen molar-refractivity contribution in [3.8, 4) is 0 Å². The monoisotopic (exact) mass is 408 g/mol. The van der Waals surface area contributed by atoms with Crippen molar-refractivity contribution in [1.82, 2.24) is 0 Å². The second-order valence-electron chi connectivity index (χ2n) is 6.33. The molecule has 0 aromatic heterocycles. The molecule has 1 amide bonds. The van der Waals surface area contributed by atoms with Crippen molar-refractivity contribution in [2.45, 2.75) is 18.2 Å². The summed E-state index contributed by atoms with van der Waals surface area (Å²) in [6, 6.07) is 10.7. The number of hydrogen-bond donors (Lipinski definition) is 2. The SMILES string of the molecule is Cc1ccc(NS(=O)(=O)c2ccc(N3C[C@H](C(=O)O)CC3=O)cc2)c(Cl)c1. The van der Waals surface area contributed by atoms with Crippen LogP contribution in [0.1, 0.15) is 12.0 Å². The van der Waals surface area contributed by atoms with E-state index in [1.54, 1.807) is 18.2 Å². The van der Waals surface area contributed by atoms with Gasteiger partial charge in [0.1, 0.15) is 0 Å². The lowest BCUT2D eigenvalue weighted by molar-refractivity contribution is -0.141. The molecule has 0 bridgehead atoms. The molecule has 3 rings (SSSR count). The topological polar surface area (TPSA) is 104 Å². The first-order valence-corrected chi connectivity index (χ1v) is 9.96. The number of aryl methyl sites for hydroxylation is 1. The maximum Gasteiger partial charge on any atom is 0.308 e. The standard InChI is InChI=1S/C18H17ClN2O5S/c1-11-2-7-16(15(19)8-11)20-27(25,26)14-5-3-13(4-6-14)21-10-12(18(23)24)9-17(21)22/h2-8,12,20H,9-10H2,1H3,(H,23,24)/t12-/m1/s1. The molecule has 0 saturated carbocycles. The molecule has 0 aliphatic carbocycles. The Kier molecular flexibility index (Phi) is 5.12. The maximum atomic E-state index is 12.5. The molecular weight excluding hydrogens is 392 g/mol. The van der Waals surface area contributed by atoms with E-state index in [2.05, 4.69) is 4.72 Å². The van der Waals surface area contributed by atoms with Crippen molar-refractivity contribution in [2.24, 2.45) is 5.92 Å². The first-order chi connectivity index (χ1) is 12.7. The number of nitrogens with zero attached hydrogens (tertiary/aromatic N) is 1. The van der Waals surface area contributed by atoms with Gasteiger partial charge in [0.05, 0.1) is 21.5 Å². The van der Waals surface area contributed by atoms with Crippen molar-refractivity contribution in [3.63, 3.8) is 0 Å². The summed E-state index contributed by atoms with van der Waals surface area (Å²) in [5.74, 6) is -2.09. The van der Waals surface area contributed by atoms with Crippen molar-refractivity contribution >= 4 is 44.9 Å². The van der Waals surface area contributed by atoms with Crippen LogP contribution in [0.4, 0.5) is 11.4 Å².